The molecular weight excluding hydrogens is 336 g/mol. The van der Waals surface area contributed by atoms with Crippen molar-refractivity contribution >= 4 is 5.82 Å². The molecule has 3 heterocycles. The maximum absolute atomic E-state index is 6.03. The summed E-state index contributed by atoms with van der Waals surface area (Å²) in [6.07, 6.45) is 0.778. The molecule has 1 saturated heterocycles. The van der Waals surface area contributed by atoms with Crippen molar-refractivity contribution in [3.63, 3.8) is 0 Å². The minimum Gasteiger partial charge on any atom is -0.368 e. The smallest absolute Gasteiger partial charge is 0.132 e. The van der Waals surface area contributed by atoms with E-state index in [0.29, 0.717) is 6.61 Å². The highest BCUT2D eigenvalue weighted by Crippen LogP contribution is 2.25. The van der Waals surface area contributed by atoms with Crippen LogP contribution in [0, 0.1) is 13.8 Å². The normalized spacial score (nSPS) is 17.1. The van der Waals surface area contributed by atoms with Crippen molar-refractivity contribution in [2.45, 2.75) is 26.4 Å². The third-order valence-corrected chi connectivity index (χ3v) is 4.73. The average molecular weight is 360 g/mol. The fourth-order valence-electron chi connectivity index (χ4n) is 3.48. The second kappa shape index (κ2) is 7.84. The van der Waals surface area contributed by atoms with E-state index in [1.165, 1.54) is 5.56 Å². The summed E-state index contributed by atoms with van der Waals surface area (Å²) in [5, 5.41) is 0. The predicted octanol–water partition coefficient (Wildman–Crippen LogP) is 3.66. The fraction of sp³-hybridized carbons (Fsp3) is 0.318. The zero-order chi connectivity index (χ0) is 18.6. The molecule has 5 heteroatoms. The van der Waals surface area contributed by atoms with Crippen molar-refractivity contribution < 1.29 is 4.74 Å². The van der Waals surface area contributed by atoms with E-state index >= 15 is 0 Å². The van der Waals surface area contributed by atoms with Crippen LogP contribution in [0.1, 0.15) is 34.6 Å². The molecule has 1 aromatic carbocycles. The molecule has 1 aliphatic heterocycles. The summed E-state index contributed by atoms with van der Waals surface area (Å²) in [6.45, 7) is 6.18. The van der Waals surface area contributed by atoms with Gasteiger partial charge < -0.3 is 9.64 Å². The summed E-state index contributed by atoms with van der Waals surface area (Å²) < 4.78 is 6.03. The fourth-order valence-corrected chi connectivity index (χ4v) is 3.48. The van der Waals surface area contributed by atoms with Crippen molar-refractivity contribution in [1.82, 2.24) is 15.0 Å². The number of anilines is 1. The number of pyridine rings is 1. The van der Waals surface area contributed by atoms with Crippen molar-refractivity contribution in [2.75, 3.05) is 24.6 Å². The first-order chi connectivity index (χ1) is 13.2. The summed E-state index contributed by atoms with van der Waals surface area (Å²) in [6, 6.07) is 18.7. The first kappa shape index (κ1) is 17.6. The van der Waals surface area contributed by atoms with Gasteiger partial charge in [0.2, 0.25) is 0 Å². The molecule has 1 fully saturated rings. The van der Waals surface area contributed by atoms with Crippen molar-refractivity contribution in [2.24, 2.45) is 0 Å². The molecular formula is C22H24N4O. The number of ether oxygens (including phenoxy) is 1. The van der Waals surface area contributed by atoms with Gasteiger partial charge >= 0.3 is 0 Å². The first-order valence-corrected chi connectivity index (χ1v) is 9.36. The Morgan fingerprint density at radius 2 is 1.85 bits per heavy atom. The molecule has 0 aliphatic carbocycles. The van der Waals surface area contributed by atoms with Crippen LogP contribution in [-0.2, 0) is 11.2 Å². The topological polar surface area (TPSA) is 51.1 Å². The maximum Gasteiger partial charge on any atom is 0.132 e. The van der Waals surface area contributed by atoms with Crippen LogP contribution >= 0.6 is 0 Å². The van der Waals surface area contributed by atoms with Gasteiger partial charge in [-0.15, -0.1) is 0 Å². The lowest BCUT2D eigenvalue weighted by Gasteiger charge is -2.33. The number of hydrogen-bond acceptors (Lipinski definition) is 5. The predicted molar refractivity (Wildman–Crippen MR) is 106 cm³/mol. The summed E-state index contributed by atoms with van der Waals surface area (Å²) in [5.74, 6) is 1.77. The van der Waals surface area contributed by atoms with Gasteiger partial charge in [-0.2, -0.15) is 0 Å². The molecule has 3 aromatic rings. The lowest BCUT2D eigenvalue weighted by atomic mass is 10.1. The quantitative estimate of drug-likeness (QED) is 0.711. The Morgan fingerprint density at radius 3 is 2.67 bits per heavy atom. The van der Waals surface area contributed by atoms with E-state index in [4.69, 9.17) is 9.72 Å². The molecule has 0 saturated carbocycles. The lowest BCUT2D eigenvalue weighted by Crippen LogP contribution is -2.39. The van der Waals surface area contributed by atoms with Crippen molar-refractivity contribution in [3.8, 4) is 0 Å². The van der Waals surface area contributed by atoms with Crippen LogP contribution in [0.25, 0.3) is 0 Å². The minimum atomic E-state index is -0.0509. The molecule has 0 bridgehead atoms. The highest BCUT2D eigenvalue weighted by molar-refractivity contribution is 5.40. The standard InChI is InChI=1S/C22H24N4O/c1-16-13-22(24-17(2)23-16)26-11-12-27-21(15-26)20-10-6-9-19(25-20)14-18-7-4-3-5-8-18/h3-10,13,21H,11-12,14-15H2,1-2H3/t21-/m0/s1. The summed E-state index contributed by atoms with van der Waals surface area (Å²) in [7, 11) is 0. The molecule has 0 N–H and O–H groups in total. The van der Waals surface area contributed by atoms with Crippen molar-refractivity contribution in [3.05, 3.63) is 83.1 Å². The SMILES string of the molecule is Cc1cc(N2CCO[C@H](c3cccc(Cc4ccccc4)n3)C2)nc(C)n1. The molecule has 0 spiro atoms. The second-order valence-electron chi connectivity index (χ2n) is 6.94. The molecule has 0 radical (unpaired) electrons. The number of nitrogens with zero attached hydrogens (tertiary/aromatic N) is 4. The molecule has 5 nitrogen and oxygen atoms in total. The molecule has 0 unspecified atom stereocenters. The van der Waals surface area contributed by atoms with Crippen molar-refractivity contribution in [1.29, 1.82) is 0 Å². The molecule has 4 rings (SSSR count). The van der Waals surface area contributed by atoms with E-state index in [1.54, 1.807) is 0 Å². The monoisotopic (exact) mass is 360 g/mol. The molecule has 1 aliphatic rings. The summed E-state index contributed by atoms with van der Waals surface area (Å²) >= 11 is 0. The Labute approximate surface area is 160 Å². The van der Waals surface area contributed by atoms with Gasteiger partial charge in [0.05, 0.1) is 18.8 Å². The van der Waals surface area contributed by atoms with Gasteiger partial charge in [0.15, 0.2) is 0 Å². The summed E-state index contributed by atoms with van der Waals surface area (Å²) in [4.78, 5) is 16.1. The Morgan fingerprint density at radius 1 is 1.00 bits per heavy atom. The number of rotatable bonds is 4. The first-order valence-electron chi connectivity index (χ1n) is 9.36. The number of aryl methyl sites for hydroxylation is 2. The lowest BCUT2D eigenvalue weighted by molar-refractivity contribution is 0.0366. The number of benzene rings is 1. The second-order valence-corrected chi connectivity index (χ2v) is 6.94. The average Bonchev–Trinajstić information content (AvgIpc) is 2.68. The zero-order valence-corrected chi connectivity index (χ0v) is 15.8. The number of hydrogen-bond donors (Lipinski definition) is 0. The van der Waals surface area contributed by atoms with E-state index < -0.39 is 0 Å². The highest BCUT2D eigenvalue weighted by Gasteiger charge is 2.24. The minimum absolute atomic E-state index is 0.0509. The van der Waals surface area contributed by atoms with Crippen LogP contribution in [0.5, 0.6) is 0 Å². The van der Waals surface area contributed by atoms with E-state index in [0.717, 1.165) is 48.2 Å². The number of morpholine rings is 1. The van der Waals surface area contributed by atoms with E-state index in [2.05, 4.69) is 57.3 Å². The summed E-state index contributed by atoms with van der Waals surface area (Å²) in [5.41, 5.74) is 4.30. The van der Waals surface area contributed by atoms with Gasteiger partial charge in [-0.05, 0) is 31.5 Å². The molecule has 2 aromatic heterocycles. The Balaban J connectivity index is 1.52. The largest absolute Gasteiger partial charge is 0.368 e. The maximum atomic E-state index is 6.03. The molecule has 27 heavy (non-hydrogen) atoms. The third-order valence-electron chi connectivity index (χ3n) is 4.73. The van der Waals surface area contributed by atoms with E-state index in [-0.39, 0.29) is 6.10 Å². The van der Waals surface area contributed by atoms with Gasteiger partial charge in [0.25, 0.3) is 0 Å². The van der Waals surface area contributed by atoms with Crippen LogP contribution in [-0.4, -0.2) is 34.6 Å². The zero-order valence-electron chi connectivity index (χ0n) is 15.8. The molecule has 1 atom stereocenters. The third kappa shape index (κ3) is 4.31. The highest BCUT2D eigenvalue weighted by atomic mass is 16.5. The molecule has 138 valence electrons. The van der Waals surface area contributed by atoms with Crippen LogP contribution in [0.4, 0.5) is 5.82 Å². The van der Waals surface area contributed by atoms with Gasteiger partial charge in [-0.3, -0.25) is 4.98 Å². The van der Waals surface area contributed by atoms with Gasteiger partial charge in [0, 0.05) is 30.4 Å². The van der Waals surface area contributed by atoms with Crippen LogP contribution in [0.3, 0.4) is 0 Å². The van der Waals surface area contributed by atoms with Crippen LogP contribution in [0.2, 0.25) is 0 Å². The van der Waals surface area contributed by atoms with Gasteiger partial charge in [-0.25, -0.2) is 9.97 Å². The number of aromatic nitrogens is 3. The van der Waals surface area contributed by atoms with Crippen LogP contribution < -0.4 is 4.90 Å². The van der Waals surface area contributed by atoms with Crippen LogP contribution in [0.15, 0.2) is 54.6 Å². The van der Waals surface area contributed by atoms with Gasteiger partial charge in [0.1, 0.15) is 17.7 Å². The van der Waals surface area contributed by atoms with E-state index in [9.17, 15) is 0 Å². The van der Waals surface area contributed by atoms with E-state index in [1.807, 2.05) is 26.0 Å². The molecule has 0 amide bonds. The van der Waals surface area contributed by atoms with Gasteiger partial charge in [-0.1, -0.05) is 36.4 Å². The Hall–Kier alpha value is -2.79. The Kier molecular flexibility index (Phi) is 5.12. The Bertz CT molecular complexity index is 893.